The Kier molecular flexibility index (Phi) is 3.76. The molecule has 0 radical (unpaired) electrons. The van der Waals surface area contributed by atoms with Crippen molar-refractivity contribution in [2.45, 2.75) is 70.4 Å². The van der Waals surface area contributed by atoms with Gasteiger partial charge in [0.05, 0.1) is 0 Å². The van der Waals surface area contributed by atoms with Gasteiger partial charge in [0.15, 0.2) is 0 Å². The van der Waals surface area contributed by atoms with E-state index >= 15 is 0 Å². The summed E-state index contributed by atoms with van der Waals surface area (Å²) in [5.41, 5.74) is -0.611. The highest BCUT2D eigenvalue weighted by Crippen LogP contribution is 2.39. The molecule has 0 aromatic rings. The Morgan fingerprint density at radius 2 is 2.00 bits per heavy atom. The molecule has 0 aliphatic heterocycles. The second kappa shape index (κ2) is 4.97. The van der Waals surface area contributed by atoms with Gasteiger partial charge >= 0.3 is 5.97 Å². The third kappa shape index (κ3) is 2.82. The van der Waals surface area contributed by atoms with E-state index < -0.39 is 11.5 Å². The Morgan fingerprint density at radius 1 is 1.41 bits per heavy atom. The second-order valence-electron chi connectivity index (χ2n) is 6.08. The first-order valence-electron chi connectivity index (χ1n) is 7.08. The fraction of sp³-hybridized carbons (Fsp3) is 0.929. The lowest BCUT2D eigenvalue weighted by atomic mass is 9.75. The van der Waals surface area contributed by atoms with E-state index in [4.69, 9.17) is 0 Å². The van der Waals surface area contributed by atoms with Crippen molar-refractivity contribution in [1.82, 2.24) is 5.32 Å². The van der Waals surface area contributed by atoms with Gasteiger partial charge in [0.2, 0.25) is 0 Å². The molecule has 98 valence electrons. The van der Waals surface area contributed by atoms with Gasteiger partial charge < -0.3 is 5.11 Å². The Bertz CT molecular complexity index is 282. The zero-order valence-electron chi connectivity index (χ0n) is 11.0. The fourth-order valence-electron chi connectivity index (χ4n) is 3.17. The summed E-state index contributed by atoms with van der Waals surface area (Å²) in [7, 11) is 0. The summed E-state index contributed by atoms with van der Waals surface area (Å²) < 4.78 is 0. The average Bonchev–Trinajstić information content (AvgIpc) is 2.97. The zero-order chi connectivity index (χ0) is 12.5. The van der Waals surface area contributed by atoms with E-state index in [1.807, 2.05) is 0 Å². The van der Waals surface area contributed by atoms with E-state index in [0.29, 0.717) is 12.0 Å². The molecule has 2 rings (SSSR count). The van der Waals surface area contributed by atoms with Crippen LogP contribution in [-0.2, 0) is 4.79 Å². The van der Waals surface area contributed by atoms with Crippen LogP contribution in [0.15, 0.2) is 0 Å². The minimum absolute atomic E-state index is 0.453. The average molecular weight is 239 g/mol. The van der Waals surface area contributed by atoms with Gasteiger partial charge in [-0.15, -0.1) is 0 Å². The maximum atomic E-state index is 11.5. The van der Waals surface area contributed by atoms with Gasteiger partial charge in [-0.2, -0.15) is 0 Å². The molecule has 2 aliphatic rings. The van der Waals surface area contributed by atoms with Crippen LogP contribution < -0.4 is 5.32 Å². The van der Waals surface area contributed by atoms with Crippen LogP contribution in [0.4, 0.5) is 0 Å². The van der Waals surface area contributed by atoms with Gasteiger partial charge in [0.1, 0.15) is 5.54 Å². The van der Waals surface area contributed by atoms with Crippen molar-refractivity contribution in [3.63, 3.8) is 0 Å². The van der Waals surface area contributed by atoms with Gasteiger partial charge in [-0.1, -0.05) is 26.7 Å². The topological polar surface area (TPSA) is 49.3 Å². The highest BCUT2D eigenvalue weighted by atomic mass is 16.4. The van der Waals surface area contributed by atoms with Crippen LogP contribution in [-0.4, -0.2) is 22.7 Å². The van der Waals surface area contributed by atoms with E-state index in [2.05, 4.69) is 19.2 Å². The molecule has 3 heteroatoms. The summed E-state index contributed by atoms with van der Waals surface area (Å²) in [5, 5.41) is 12.9. The van der Waals surface area contributed by atoms with E-state index in [1.54, 1.807) is 0 Å². The molecule has 0 spiro atoms. The summed E-state index contributed by atoms with van der Waals surface area (Å²) in [6.07, 6.45) is 7.41. The first kappa shape index (κ1) is 12.9. The van der Waals surface area contributed by atoms with Gasteiger partial charge in [0, 0.05) is 6.04 Å². The van der Waals surface area contributed by atoms with Crippen molar-refractivity contribution in [3.05, 3.63) is 0 Å². The van der Waals surface area contributed by atoms with Crippen LogP contribution in [0.3, 0.4) is 0 Å². The van der Waals surface area contributed by atoms with Gasteiger partial charge in [-0.25, -0.2) is 0 Å². The molecule has 3 nitrogen and oxygen atoms in total. The summed E-state index contributed by atoms with van der Waals surface area (Å²) in [4.78, 5) is 11.5. The molecule has 0 heterocycles. The van der Waals surface area contributed by atoms with Crippen LogP contribution in [0.2, 0.25) is 0 Å². The molecule has 0 aromatic heterocycles. The minimum atomic E-state index is -0.633. The smallest absolute Gasteiger partial charge is 0.323 e. The zero-order valence-corrected chi connectivity index (χ0v) is 11.0. The number of carbonyl (C=O) groups is 1. The number of hydrogen-bond acceptors (Lipinski definition) is 2. The standard InChI is InChI=1S/C14H25NO2/c1-3-4-11-5-7-14(8-6-11,13(16)17)15-12-9-10(12)2/h10-12,15H,3-9H2,1-2H3,(H,16,17). The molecule has 17 heavy (non-hydrogen) atoms. The van der Waals surface area contributed by atoms with Crippen molar-refractivity contribution >= 4 is 5.97 Å². The van der Waals surface area contributed by atoms with E-state index in [9.17, 15) is 9.90 Å². The van der Waals surface area contributed by atoms with Crippen LogP contribution in [0.25, 0.3) is 0 Å². The van der Waals surface area contributed by atoms with Crippen molar-refractivity contribution in [2.24, 2.45) is 11.8 Å². The highest BCUT2D eigenvalue weighted by Gasteiger charge is 2.47. The van der Waals surface area contributed by atoms with E-state index in [1.165, 1.54) is 12.8 Å². The number of aliphatic carboxylic acids is 1. The molecule has 0 aromatic carbocycles. The number of nitrogens with one attached hydrogen (secondary N) is 1. The van der Waals surface area contributed by atoms with Crippen LogP contribution >= 0.6 is 0 Å². The summed E-state index contributed by atoms with van der Waals surface area (Å²) in [6, 6.07) is 0.453. The van der Waals surface area contributed by atoms with Crippen molar-refractivity contribution in [1.29, 1.82) is 0 Å². The Labute approximate surface area is 104 Å². The lowest BCUT2D eigenvalue weighted by Crippen LogP contribution is -2.55. The molecular formula is C14H25NO2. The molecule has 2 atom stereocenters. The Balaban J connectivity index is 1.92. The molecule has 0 bridgehead atoms. The lowest BCUT2D eigenvalue weighted by Gasteiger charge is -2.38. The Morgan fingerprint density at radius 3 is 2.41 bits per heavy atom. The molecule has 2 aliphatic carbocycles. The predicted molar refractivity (Wildman–Crippen MR) is 67.9 cm³/mol. The maximum Gasteiger partial charge on any atom is 0.323 e. The number of hydrogen-bond donors (Lipinski definition) is 2. The molecule has 2 saturated carbocycles. The fourth-order valence-corrected chi connectivity index (χ4v) is 3.17. The Hall–Kier alpha value is -0.570. The van der Waals surface area contributed by atoms with Crippen LogP contribution in [0.1, 0.15) is 58.8 Å². The largest absolute Gasteiger partial charge is 0.480 e. The van der Waals surface area contributed by atoms with Crippen molar-refractivity contribution < 1.29 is 9.90 Å². The van der Waals surface area contributed by atoms with Gasteiger partial charge in [0.25, 0.3) is 0 Å². The van der Waals surface area contributed by atoms with Crippen molar-refractivity contribution in [3.8, 4) is 0 Å². The number of rotatable bonds is 5. The minimum Gasteiger partial charge on any atom is -0.480 e. The second-order valence-corrected chi connectivity index (χ2v) is 6.08. The first-order valence-corrected chi connectivity index (χ1v) is 7.08. The van der Waals surface area contributed by atoms with Crippen molar-refractivity contribution in [2.75, 3.05) is 0 Å². The van der Waals surface area contributed by atoms with E-state index in [-0.39, 0.29) is 0 Å². The maximum absolute atomic E-state index is 11.5. The first-order chi connectivity index (χ1) is 8.07. The normalized spacial score (nSPS) is 41.2. The quantitative estimate of drug-likeness (QED) is 0.775. The highest BCUT2D eigenvalue weighted by molar-refractivity contribution is 5.79. The number of carboxylic acids is 1. The van der Waals surface area contributed by atoms with Crippen LogP contribution in [0.5, 0.6) is 0 Å². The molecular weight excluding hydrogens is 214 g/mol. The molecule has 2 fully saturated rings. The van der Waals surface area contributed by atoms with Gasteiger partial charge in [-0.05, 0) is 43.9 Å². The van der Waals surface area contributed by atoms with Gasteiger partial charge in [-0.3, -0.25) is 10.1 Å². The molecule has 2 unspecified atom stereocenters. The number of carboxylic acid groups (broad SMARTS) is 1. The lowest BCUT2D eigenvalue weighted by molar-refractivity contribution is -0.147. The third-order valence-corrected chi connectivity index (χ3v) is 4.64. The SMILES string of the molecule is CCCC1CCC(NC2CC2C)(C(=O)O)CC1. The van der Waals surface area contributed by atoms with Crippen LogP contribution in [0, 0.1) is 11.8 Å². The monoisotopic (exact) mass is 239 g/mol. The van der Waals surface area contributed by atoms with E-state index in [0.717, 1.165) is 38.0 Å². The third-order valence-electron chi connectivity index (χ3n) is 4.64. The summed E-state index contributed by atoms with van der Waals surface area (Å²) in [6.45, 7) is 4.40. The molecule has 0 amide bonds. The summed E-state index contributed by atoms with van der Waals surface area (Å²) in [5.74, 6) is 0.789. The predicted octanol–water partition coefficient (Wildman–Crippen LogP) is 2.80. The molecule has 2 N–H and O–H groups in total. The molecule has 0 saturated heterocycles. The summed E-state index contributed by atoms with van der Waals surface area (Å²) >= 11 is 0.